The van der Waals surface area contributed by atoms with E-state index in [4.69, 9.17) is 23.7 Å². The maximum Gasteiger partial charge on any atom is 0.305 e. The molecule has 0 spiro atoms. The summed E-state index contributed by atoms with van der Waals surface area (Å²) in [5, 5.41) is 65.5. The third-order valence-electron chi connectivity index (χ3n) is 12.2. The van der Waals surface area contributed by atoms with Crippen molar-refractivity contribution in [2.45, 2.75) is 128 Å². The number of ether oxygens (including phenoxy) is 5. The number of aliphatic hydroxyl groups excluding tert-OH is 2. The third-order valence-corrected chi connectivity index (χ3v) is 12.2. The first-order chi connectivity index (χ1) is 31.9. The van der Waals surface area contributed by atoms with Crippen molar-refractivity contribution in [2.24, 2.45) is 5.10 Å². The molecular weight excluding hydrogens is 881 g/mol. The van der Waals surface area contributed by atoms with Gasteiger partial charge in [0.25, 0.3) is 11.8 Å². The predicted molar refractivity (Wildman–Crippen MR) is 232 cm³/mol. The minimum Gasteiger partial charge on any atom is -0.507 e. The summed E-state index contributed by atoms with van der Waals surface area (Å²) in [6.45, 7) is 3.62. The summed E-state index contributed by atoms with van der Waals surface area (Å²) in [7, 11) is 1.31. The van der Waals surface area contributed by atoms with Gasteiger partial charge in [-0.1, -0.05) is 18.6 Å². The van der Waals surface area contributed by atoms with E-state index in [1.54, 1.807) is 6.92 Å². The average molecular weight is 937 g/mol. The van der Waals surface area contributed by atoms with Crippen molar-refractivity contribution in [3.63, 3.8) is 0 Å². The SMILES string of the molecule is COc1cccc2c1C(=O)c1c(O)c3c(c(O)c1C2=O)C[C@@](O)(/C(CO)=N/NC(=O)CCCCCN1C(=O)C=CC1=O)C[C@@H]3O[C@H]1C[C@H](NCCCCC(OC(C)=O)OC(C)=O)[C@H](O)[C@H](C)O1. The molecule has 0 unspecified atom stereocenters. The van der Waals surface area contributed by atoms with Crippen molar-refractivity contribution < 1.29 is 82.8 Å². The highest BCUT2D eigenvalue weighted by atomic mass is 16.7. The second-order valence-electron chi connectivity index (χ2n) is 16.8. The van der Waals surface area contributed by atoms with E-state index in [0.717, 1.165) is 4.90 Å². The largest absolute Gasteiger partial charge is 0.507 e. The molecule has 7 N–H and O–H groups in total. The van der Waals surface area contributed by atoms with Gasteiger partial charge in [-0.2, -0.15) is 5.10 Å². The first-order valence-corrected chi connectivity index (χ1v) is 22.0. The first-order valence-electron chi connectivity index (χ1n) is 22.0. The van der Waals surface area contributed by atoms with Gasteiger partial charge in [0.2, 0.25) is 18.0 Å². The molecular formula is C46H56N4O17. The number of amides is 3. The molecule has 0 bridgehead atoms. The number of nitrogens with one attached hydrogen (secondary N) is 2. The summed E-state index contributed by atoms with van der Waals surface area (Å²) in [5.41, 5.74) is -1.91. The van der Waals surface area contributed by atoms with Crippen LogP contribution in [0.25, 0.3) is 0 Å². The summed E-state index contributed by atoms with van der Waals surface area (Å²) >= 11 is 0. The first kappa shape index (κ1) is 50.3. The van der Waals surface area contributed by atoms with Crippen LogP contribution in [-0.2, 0) is 49.3 Å². The zero-order chi connectivity index (χ0) is 48.7. The number of hydrazone groups is 1. The van der Waals surface area contributed by atoms with Gasteiger partial charge in [-0.05, 0) is 45.2 Å². The molecule has 1 saturated heterocycles. The molecule has 2 aliphatic carbocycles. The van der Waals surface area contributed by atoms with Crippen LogP contribution in [0.2, 0.25) is 0 Å². The fourth-order valence-electron chi connectivity index (χ4n) is 8.87. The summed E-state index contributed by atoms with van der Waals surface area (Å²) in [4.78, 5) is 88.8. The molecule has 0 saturated carbocycles. The number of phenols is 2. The van der Waals surface area contributed by atoms with Crippen LogP contribution in [0.1, 0.15) is 128 Å². The number of aromatic hydroxyl groups is 2. The molecule has 1 fully saturated rings. The van der Waals surface area contributed by atoms with Crippen LogP contribution in [0.5, 0.6) is 17.2 Å². The number of carbonyl (C=O) groups is 7. The topological polar surface area (TPSA) is 306 Å². The normalized spacial score (nSPS) is 23.5. The van der Waals surface area contributed by atoms with E-state index in [1.807, 2.05) is 0 Å². The molecule has 0 radical (unpaired) electrons. The van der Waals surface area contributed by atoms with Gasteiger partial charge in [-0.3, -0.25) is 38.5 Å². The molecule has 4 aliphatic rings. The quantitative estimate of drug-likeness (QED) is 0.0161. The van der Waals surface area contributed by atoms with Crippen LogP contribution in [0.3, 0.4) is 0 Å². The van der Waals surface area contributed by atoms with Crippen LogP contribution >= 0.6 is 0 Å². The van der Waals surface area contributed by atoms with E-state index in [1.165, 1.54) is 51.3 Å². The number of esters is 2. The lowest BCUT2D eigenvalue weighted by atomic mass is 9.71. The van der Waals surface area contributed by atoms with E-state index in [9.17, 15) is 59.1 Å². The molecule has 6 atom stereocenters. The maximum absolute atomic E-state index is 14.2. The van der Waals surface area contributed by atoms with Crippen LogP contribution in [0, 0.1) is 0 Å². The number of imide groups is 1. The van der Waals surface area contributed by atoms with Gasteiger partial charge in [0.05, 0.1) is 54.4 Å². The molecule has 67 heavy (non-hydrogen) atoms. The standard InChI is InChI=1S/C46H56N4O17/c1-23-41(57)28(47-17-8-7-14-35(65-24(2)52)66-25(3)53)19-36(64-23)67-30-21-46(62,31(22-51)48-49-32(54)13-6-5-9-18-50-33(55)15-16-34(50)56)20-27-38(30)45(61)40-39(43(27)59)42(58)26-11-10-12-29(63-4)37(26)44(40)60/h10-12,15-16,23,28,30,35-36,41,47,51,57,59,61-62H,5-9,13-14,17-22H2,1-4H3,(H,49,54)/b48-31+/t23-,28-,30-,36-,41+,46-/m0/s1. The van der Waals surface area contributed by atoms with Crippen molar-refractivity contribution >= 4 is 46.9 Å². The van der Waals surface area contributed by atoms with Crippen molar-refractivity contribution in [2.75, 3.05) is 26.8 Å². The second-order valence-corrected chi connectivity index (χ2v) is 16.8. The van der Waals surface area contributed by atoms with Gasteiger partial charge < -0.3 is 54.5 Å². The maximum atomic E-state index is 14.2. The molecule has 2 aliphatic heterocycles. The summed E-state index contributed by atoms with van der Waals surface area (Å²) in [5.74, 6) is -5.67. The molecule has 2 heterocycles. The third kappa shape index (κ3) is 11.2. The Morgan fingerprint density at radius 2 is 1.63 bits per heavy atom. The van der Waals surface area contributed by atoms with Crippen LogP contribution in [0.15, 0.2) is 35.5 Å². The van der Waals surface area contributed by atoms with Crippen molar-refractivity contribution in [3.8, 4) is 17.2 Å². The van der Waals surface area contributed by atoms with Crippen molar-refractivity contribution in [3.05, 3.63) is 63.7 Å². The molecule has 0 aromatic heterocycles. The minimum atomic E-state index is -2.23. The highest BCUT2D eigenvalue weighted by Gasteiger charge is 2.50. The van der Waals surface area contributed by atoms with E-state index < -0.39 is 126 Å². The number of unbranched alkanes of at least 4 members (excludes halogenated alkanes) is 3. The Bertz CT molecular complexity index is 2310. The predicted octanol–water partition coefficient (Wildman–Crippen LogP) is 1.64. The molecule has 6 rings (SSSR count). The summed E-state index contributed by atoms with van der Waals surface area (Å²) in [6, 6.07) is 3.68. The molecule has 2 aromatic carbocycles. The Kier molecular flexibility index (Phi) is 16.3. The van der Waals surface area contributed by atoms with E-state index in [-0.39, 0.29) is 59.5 Å². The Labute approximate surface area is 385 Å². The number of ketones is 2. The number of nitrogens with zero attached hydrogens (tertiary/aromatic N) is 2. The number of carbonyl (C=O) groups excluding carboxylic acids is 7. The number of fused-ring (bicyclic) bond motifs is 3. The Morgan fingerprint density at radius 3 is 2.28 bits per heavy atom. The van der Waals surface area contributed by atoms with Gasteiger partial charge >= 0.3 is 11.9 Å². The van der Waals surface area contributed by atoms with Gasteiger partial charge in [0.15, 0.2) is 12.1 Å². The van der Waals surface area contributed by atoms with Crippen molar-refractivity contribution in [1.82, 2.24) is 15.6 Å². The number of phenolic OH excluding ortho intramolecular Hbond substituents is 2. The number of aliphatic hydroxyl groups is 3. The lowest BCUT2D eigenvalue weighted by Crippen LogP contribution is -2.55. The molecule has 362 valence electrons. The highest BCUT2D eigenvalue weighted by molar-refractivity contribution is 6.31. The lowest BCUT2D eigenvalue weighted by molar-refractivity contribution is -0.248. The van der Waals surface area contributed by atoms with Crippen LogP contribution in [-0.4, -0.2) is 141 Å². The Balaban J connectivity index is 1.24. The average Bonchev–Trinajstić information content (AvgIpc) is 3.59. The lowest BCUT2D eigenvalue weighted by Gasteiger charge is -2.43. The molecule has 2 aromatic rings. The Morgan fingerprint density at radius 1 is 0.940 bits per heavy atom. The van der Waals surface area contributed by atoms with Crippen LogP contribution < -0.4 is 15.5 Å². The number of methoxy groups -OCH3 is 1. The van der Waals surface area contributed by atoms with Crippen LogP contribution in [0.4, 0.5) is 0 Å². The van der Waals surface area contributed by atoms with E-state index in [2.05, 4.69) is 15.8 Å². The fourth-order valence-corrected chi connectivity index (χ4v) is 8.87. The minimum absolute atomic E-state index is 0.00248. The highest BCUT2D eigenvalue weighted by Crippen LogP contribution is 2.52. The number of hydrogen-bond donors (Lipinski definition) is 7. The summed E-state index contributed by atoms with van der Waals surface area (Å²) in [6.07, 6.45) is -1.82. The van der Waals surface area contributed by atoms with E-state index >= 15 is 0 Å². The number of benzene rings is 2. The fraction of sp³-hybridized carbons (Fsp3) is 0.522. The molecule has 21 nitrogen and oxygen atoms in total. The number of hydrogen-bond acceptors (Lipinski definition) is 19. The van der Waals surface area contributed by atoms with Gasteiger partial charge in [-0.15, -0.1) is 0 Å². The molecule has 3 amide bonds. The van der Waals surface area contributed by atoms with Gasteiger partial charge in [0.1, 0.15) is 22.8 Å². The van der Waals surface area contributed by atoms with Crippen molar-refractivity contribution in [1.29, 1.82) is 0 Å². The smallest absolute Gasteiger partial charge is 0.305 e. The zero-order valence-corrected chi connectivity index (χ0v) is 37.6. The Hall–Kier alpha value is -6.10. The monoisotopic (exact) mass is 936 g/mol. The van der Waals surface area contributed by atoms with Gasteiger partial charge in [-0.25, -0.2) is 5.43 Å². The molecule has 21 heteroatoms. The zero-order valence-electron chi connectivity index (χ0n) is 37.6. The van der Waals surface area contributed by atoms with Gasteiger partial charge in [0, 0.05) is 87.4 Å². The van der Waals surface area contributed by atoms with E-state index in [0.29, 0.717) is 38.6 Å². The summed E-state index contributed by atoms with van der Waals surface area (Å²) < 4.78 is 28.0. The number of rotatable bonds is 20. The second kappa shape index (κ2) is 21.7.